The van der Waals surface area contributed by atoms with E-state index in [1.165, 1.54) is 19.1 Å². The van der Waals surface area contributed by atoms with Crippen LogP contribution in [-0.4, -0.2) is 26.2 Å². The first kappa shape index (κ1) is 29.5. The van der Waals surface area contributed by atoms with E-state index >= 15 is 0 Å². The smallest absolute Gasteiger partial charge is 0.487 e. The predicted molar refractivity (Wildman–Crippen MR) is 131 cm³/mol. The molecule has 222 valence electrons. The lowest BCUT2D eigenvalue weighted by molar-refractivity contribution is -0.276. The summed E-state index contributed by atoms with van der Waals surface area (Å²) in [5.74, 6) is -10.3. The fraction of sp³-hybridized carbons (Fsp3) is 0.241. The van der Waals surface area contributed by atoms with Crippen LogP contribution in [0.2, 0.25) is 0 Å². The zero-order valence-electron chi connectivity index (χ0n) is 21.4. The van der Waals surface area contributed by atoms with Crippen LogP contribution in [0, 0.1) is 47.7 Å². The lowest BCUT2D eigenvalue weighted by Gasteiger charge is -2.29. The van der Waals surface area contributed by atoms with Crippen LogP contribution in [0.4, 0.5) is 39.5 Å². The van der Waals surface area contributed by atoms with Gasteiger partial charge in [-0.1, -0.05) is 12.1 Å². The highest BCUT2D eigenvalue weighted by atomic mass is 19.4. The van der Waals surface area contributed by atoms with Crippen molar-refractivity contribution in [1.82, 2.24) is 0 Å². The molecule has 1 aliphatic heterocycles. The summed E-state index contributed by atoms with van der Waals surface area (Å²) >= 11 is 0. The van der Waals surface area contributed by atoms with Crippen molar-refractivity contribution in [2.75, 3.05) is 19.8 Å². The van der Waals surface area contributed by atoms with E-state index in [4.69, 9.17) is 14.2 Å². The van der Waals surface area contributed by atoms with Gasteiger partial charge in [0.15, 0.2) is 35.3 Å². The molecule has 0 radical (unpaired) electrons. The number of aryl methyl sites for hydroxylation is 1. The number of hydrogen-bond donors (Lipinski definition) is 0. The van der Waals surface area contributed by atoms with E-state index in [0.717, 1.165) is 30.3 Å². The van der Waals surface area contributed by atoms with Gasteiger partial charge in [-0.3, -0.25) is 0 Å². The summed E-state index contributed by atoms with van der Waals surface area (Å²) in [5.41, 5.74) is -0.336. The minimum Gasteiger partial charge on any atom is -0.487 e. The predicted octanol–water partition coefficient (Wildman–Crippen LogP) is 8.29. The number of halogens is 9. The Morgan fingerprint density at radius 2 is 1.36 bits per heavy atom. The van der Waals surface area contributed by atoms with Crippen LogP contribution < -0.4 is 9.47 Å². The second-order valence-electron chi connectivity index (χ2n) is 9.58. The van der Waals surface area contributed by atoms with Gasteiger partial charge in [0.1, 0.15) is 11.6 Å². The largest absolute Gasteiger partial charge is 0.573 e. The number of alkyl halides is 3. The van der Waals surface area contributed by atoms with Gasteiger partial charge in [0.25, 0.3) is 0 Å². The Labute approximate surface area is 232 Å². The molecule has 5 rings (SSSR count). The van der Waals surface area contributed by atoms with Gasteiger partial charge in [0.2, 0.25) is 5.75 Å². The Morgan fingerprint density at radius 1 is 0.762 bits per heavy atom. The van der Waals surface area contributed by atoms with Crippen LogP contribution in [0.15, 0.2) is 48.5 Å². The maximum absolute atomic E-state index is 14.7. The summed E-state index contributed by atoms with van der Waals surface area (Å²) in [6.07, 6.45) is -6.31. The zero-order chi connectivity index (χ0) is 30.3. The van der Waals surface area contributed by atoms with Crippen LogP contribution in [-0.2, 0) is 9.47 Å². The fourth-order valence-corrected chi connectivity index (χ4v) is 4.54. The van der Waals surface area contributed by atoms with E-state index in [9.17, 15) is 39.5 Å². The summed E-state index contributed by atoms with van der Waals surface area (Å²) in [7, 11) is 0. The molecule has 0 atom stereocenters. The first-order valence-corrected chi connectivity index (χ1v) is 12.3. The molecule has 1 aliphatic rings. The second kappa shape index (κ2) is 11.4. The summed E-state index contributed by atoms with van der Waals surface area (Å²) in [6, 6.07) is 7.96. The minimum atomic E-state index is -5.29. The van der Waals surface area contributed by atoms with E-state index in [1.807, 2.05) is 0 Å². The van der Waals surface area contributed by atoms with Gasteiger partial charge < -0.3 is 18.9 Å². The molecule has 4 aromatic rings. The standard InChI is InChI=1S/C29H19F9O4/c1-13-4-19(30)24(20(31)5-13)17-8-21(32)26(22(33)9-17)39-10-14-11-40-28(41-12-14)15-2-3-18-16(6-15)7-23(34)27(25(18)35)42-29(36,37)38/h2-9,14,28H,10-12H2,1H3. The van der Waals surface area contributed by atoms with Crippen LogP contribution in [0.1, 0.15) is 17.4 Å². The SMILES string of the molecule is Cc1cc(F)c(-c2cc(F)c(OCC3COC(c4ccc5c(F)c(OC(F)(F)F)c(F)cc5c4)OC3)c(F)c2)c(F)c1. The van der Waals surface area contributed by atoms with Crippen molar-refractivity contribution in [3.05, 3.63) is 94.6 Å². The molecule has 4 aromatic carbocycles. The summed E-state index contributed by atoms with van der Waals surface area (Å²) in [4.78, 5) is 0. The average molecular weight is 602 g/mol. The monoisotopic (exact) mass is 602 g/mol. The first-order chi connectivity index (χ1) is 19.8. The maximum Gasteiger partial charge on any atom is 0.573 e. The Balaban J connectivity index is 1.24. The van der Waals surface area contributed by atoms with Gasteiger partial charge in [-0.2, -0.15) is 0 Å². The van der Waals surface area contributed by atoms with E-state index in [2.05, 4.69) is 4.74 Å². The Morgan fingerprint density at radius 3 is 1.95 bits per heavy atom. The van der Waals surface area contributed by atoms with Gasteiger partial charge in [-0.15, -0.1) is 13.2 Å². The number of ether oxygens (including phenoxy) is 4. The lowest BCUT2D eigenvalue weighted by atomic mass is 10.0. The van der Waals surface area contributed by atoms with Gasteiger partial charge >= 0.3 is 6.36 Å². The third-order valence-electron chi connectivity index (χ3n) is 6.40. The van der Waals surface area contributed by atoms with Crippen molar-refractivity contribution in [3.63, 3.8) is 0 Å². The molecule has 0 aromatic heterocycles. The summed E-state index contributed by atoms with van der Waals surface area (Å²) in [6.45, 7) is 1.16. The van der Waals surface area contributed by atoms with Crippen molar-refractivity contribution in [2.24, 2.45) is 5.92 Å². The van der Waals surface area contributed by atoms with E-state index in [1.54, 1.807) is 0 Å². The molecule has 13 heteroatoms. The van der Waals surface area contributed by atoms with Crippen molar-refractivity contribution < 1.29 is 58.5 Å². The van der Waals surface area contributed by atoms with E-state index in [-0.39, 0.29) is 36.2 Å². The average Bonchev–Trinajstić information content (AvgIpc) is 2.89. The number of rotatable bonds is 6. The molecule has 1 fully saturated rings. The lowest BCUT2D eigenvalue weighted by Crippen LogP contribution is -2.31. The Bertz CT molecular complexity index is 1600. The number of hydrogen-bond acceptors (Lipinski definition) is 4. The highest BCUT2D eigenvalue weighted by Gasteiger charge is 2.35. The van der Waals surface area contributed by atoms with Gasteiger partial charge in [0, 0.05) is 16.9 Å². The third kappa shape index (κ3) is 6.12. The molecule has 0 bridgehead atoms. The Kier molecular flexibility index (Phi) is 7.99. The topological polar surface area (TPSA) is 36.9 Å². The molecule has 0 unspecified atom stereocenters. The Hall–Kier alpha value is -3.97. The fourth-order valence-electron chi connectivity index (χ4n) is 4.54. The molecular formula is C29H19F9O4. The van der Waals surface area contributed by atoms with E-state index < -0.39 is 70.5 Å². The van der Waals surface area contributed by atoms with Gasteiger partial charge in [-0.25, -0.2) is 26.3 Å². The number of benzene rings is 4. The molecule has 42 heavy (non-hydrogen) atoms. The zero-order valence-corrected chi connectivity index (χ0v) is 21.4. The molecule has 0 spiro atoms. The highest BCUT2D eigenvalue weighted by molar-refractivity contribution is 5.85. The van der Waals surface area contributed by atoms with Crippen molar-refractivity contribution in [3.8, 4) is 22.6 Å². The molecule has 0 amide bonds. The van der Waals surface area contributed by atoms with Gasteiger partial charge in [-0.05, 0) is 59.8 Å². The maximum atomic E-state index is 14.7. The molecular weight excluding hydrogens is 583 g/mol. The minimum absolute atomic E-state index is 0.0229. The molecule has 4 nitrogen and oxygen atoms in total. The van der Waals surface area contributed by atoms with Crippen LogP contribution in [0.5, 0.6) is 11.5 Å². The van der Waals surface area contributed by atoms with Crippen LogP contribution >= 0.6 is 0 Å². The molecule has 0 N–H and O–H groups in total. The molecule has 0 saturated carbocycles. The normalized spacial score (nSPS) is 17.5. The number of fused-ring (bicyclic) bond motifs is 1. The van der Waals surface area contributed by atoms with Crippen molar-refractivity contribution >= 4 is 10.8 Å². The van der Waals surface area contributed by atoms with E-state index in [0.29, 0.717) is 17.2 Å². The van der Waals surface area contributed by atoms with Crippen molar-refractivity contribution in [2.45, 2.75) is 19.6 Å². The highest BCUT2D eigenvalue weighted by Crippen LogP contribution is 2.36. The quantitative estimate of drug-likeness (QED) is 0.208. The van der Waals surface area contributed by atoms with Crippen molar-refractivity contribution in [1.29, 1.82) is 0 Å². The first-order valence-electron chi connectivity index (χ1n) is 12.3. The summed E-state index contributed by atoms with van der Waals surface area (Å²) < 4.78 is 144. The third-order valence-corrected chi connectivity index (χ3v) is 6.40. The van der Waals surface area contributed by atoms with Crippen LogP contribution in [0.3, 0.4) is 0 Å². The molecule has 1 heterocycles. The summed E-state index contributed by atoms with van der Waals surface area (Å²) in [5, 5.41) is -0.404. The molecule has 0 aliphatic carbocycles. The van der Waals surface area contributed by atoms with Gasteiger partial charge in [0.05, 0.1) is 25.4 Å². The molecule has 1 saturated heterocycles. The van der Waals surface area contributed by atoms with Crippen LogP contribution in [0.25, 0.3) is 21.9 Å². The second-order valence-corrected chi connectivity index (χ2v) is 9.58.